The molecule has 1 aromatic heterocycles. The first kappa shape index (κ1) is 11.5. The molecule has 0 aliphatic carbocycles. The van der Waals surface area contributed by atoms with E-state index in [9.17, 15) is 0 Å². The van der Waals surface area contributed by atoms with Crippen LogP contribution in [-0.4, -0.2) is 16.0 Å². The number of rotatable bonds is 3. The van der Waals surface area contributed by atoms with Crippen LogP contribution < -0.4 is 10.5 Å². The molecule has 0 saturated carbocycles. The van der Waals surface area contributed by atoms with Crippen LogP contribution >= 0.6 is 15.9 Å². The number of benzene rings is 1. The van der Waals surface area contributed by atoms with E-state index in [0.29, 0.717) is 11.3 Å². The summed E-state index contributed by atoms with van der Waals surface area (Å²) in [4.78, 5) is 0. The van der Waals surface area contributed by atoms with E-state index in [1.807, 2.05) is 12.1 Å². The van der Waals surface area contributed by atoms with Crippen molar-refractivity contribution in [2.75, 3.05) is 0 Å². The molecule has 0 saturated heterocycles. The van der Waals surface area contributed by atoms with E-state index >= 15 is 0 Å². The molecule has 0 atom stereocenters. The Balaban J connectivity index is 2.33. The van der Waals surface area contributed by atoms with Gasteiger partial charge in [-0.25, -0.2) is 0 Å². The highest BCUT2D eigenvalue weighted by Crippen LogP contribution is 2.24. The third-order valence-corrected chi connectivity index (χ3v) is 2.48. The number of nitrogens with zero attached hydrogens (tertiary/aromatic N) is 2. The van der Waals surface area contributed by atoms with Gasteiger partial charge in [0.2, 0.25) is 5.88 Å². The van der Waals surface area contributed by atoms with Crippen molar-refractivity contribution in [2.45, 2.75) is 0 Å². The van der Waals surface area contributed by atoms with Gasteiger partial charge in [0.15, 0.2) is 0 Å². The highest BCUT2D eigenvalue weighted by Gasteiger charge is 2.09. The fraction of sp³-hybridized carbons (Fsp3) is 0. The van der Waals surface area contributed by atoms with E-state index in [4.69, 9.17) is 15.9 Å². The minimum atomic E-state index is -0.107. The predicted octanol–water partition coefficient (Wildman–Crippen LogP) is 2.32. The number of ether oxygens (including phenoxy) is 1. The van der Waals surface area contributed by atoms with Crippen LogP contribution in [0.2, 0.25) is 0 Å². The number of nitrogens with one attached hydrogen (secondary N) is 1. The van der Waals surface area contributed by atoms with E-state index in [0.717, 1.165) is 4.47 Å². The lowest BCUT2D eigenvalue weighted by molar-refractivity contribution is 0.453. The highest BCUT2D eigenvalue weighted by atomic mass is 79.9. The molecule has 86 valence electrons. The van der Waals surface area contributed by atoms with Crippen LogP contribution in [0.4, 0.5) is 0 Å². The van der Waals surface area contributed by atoms with Gasteiger partial charge in [-0.2, -0.15) is 5.10 Å². The van der Waals surface area contributed by atoms with Crippen molar-refractivity contribution in [3.63, 3.8) is 0 Å². The molecular formula is C11H9BrN4O. The molecule has 17 heavy (non-hydrogen) atoms. The van der Waals surface area contributed by atoms with Gasteiger partial charge < -0.3 is 10.5 Å². The molecule has 1 heterocycles. The van der Waals surface area contributed by atoms with Crippen LogP contribution in [0.3, 0.4) is 0 Å². The molecular weight excluding hydrogens is 284 g/mol. The number of amidine groups is 1. The number of nitrogen functional groups attached to an aromatic ring is 1. The zero-order valence-corrected chi connectivity index (χ0v) is 10.3. The number of hydrogen-bond acceptors (Lipinski definition) is 4. The summed E-state index contributed by atoms with van der Waals surface area (Å²) < 4.78 is 6.42. The molecule has 2 aromatic rings. The maximum atomic E-state index is 7.41. The highest BCUT2D eigenvalue weighted by molar-refractivity contribution is 9.10. The third kappa shape index (κ3) is 2.79. The summed E-state index contributed by atoms with van der Waals surface area (Å²) in [6.45, 7) is 0. The van der Waals surface area contributed by atoms with E-state index in [1.165, 1.54) is 6.20 Å². The minimum Gasteiger partial charge on any atom is -0.437 e. The first-order chi connectivity index (χ1) is 8.16. The van der Waals surface area contributed by atoms with Crippen molar-refractivity contribution in [2.24, 2.45) is 5.73 Å². The van der Waals surface area contributed by atoms with Gasteiger partial charge in [-0.3, -0.25) is 5.41 Å². The van der Waals surface area contributed by atoms with Gasteiger partial charge >= 0.3 is 0 Å². The number of halogens is 1. The van der Waals surface area contributed by atoms with Crippen molar-refractivity contribution in [3.05, 3.63) is 46.6 Å². The predicted molar refractivity (Wildman–Crippen MR) is 67.3 cm³/mol. The molecule has 5 nitrogen and oxygen atoms in total. The van der Waals surface area contributed by atoms with Gasteiger partial charge in [0.1, 0.15) is 11.6 Å². The van der Waals surface area contributed by atoms with Crippen LogP contribution in [0, 0.1) is 5.41 Å². The third-order valence-electron chi connectivity index (χ3n) is 1.99. The minimum absolute atomic E-state index is 0.107. The summed E-state index contributed by atoms with van der Waals surface area (Å²) in [5, 5.41) is 14.9. The first-order valence-corrected chi connectivity index (χ1v) is 5.55. The molecule has 0 spiro atoms. The number of nitrogens with two attached hydrogens (primary N) is 1. The summed E-state index contributed by atoms with van der Waals surface area (Å²) in [7, 11) is 0. The smallest absolute Gasteiger partial charge is 0.249 e. The zero-order chi connectivity index (χ0) is 12.3. The fourth-order valence-corrected chi connectivity index (χ4v) is 1.62. The van der Waals surface area contributed by atoms with E-state index in [2.05, 4.69) is 26.1 Å². The van der Waals surface area contributed by atoms with Gasteiger partial charge in [0.05, 0.1) is 11.8 Å². The second-order valence-corrected chi connectivity index (χ2v) is 4.14. The summed E-state index contributed by atoms with van der Waals surface area (Å²) in [6.07, 6.45) is 1.46. The average Bonchev–Trinajstić information content (AvgIpc) is 2.29. The normalized spacial score (nSPS) is 9.94. The topological polar surface area (TPSA) is 84.9 Å². The number of aromatic nitrogens is 2. The first-order valence-electron chi connectivity index (χ1n) is 4.76. The Morgan fingerprint density at radius 3 is 2.88 bits per heavy atom. The van der Waals surface area contributed by atoms with Gasteiger partial charge in [-0.15, -0.1) is 5.10 Å². The molecule has 0 aliphatic heterocycles. The SMILES string of the molecule is N=C(N)c1ccnnc1Oc1cccc(Br)c1. The Kier molecular flexibility index (Phi) is 3.34. The molecule has 0 fully saturated rings. The molecule has 0 aliphatic rings. The van der Waals surface area contributed by atoms with Crippen molar-refractivity contribution in [3.8, 4) is 11.6 Å². The van der Waals surface area contributed by atoms with Gasteiger partial charge in [0, 0.05) is 4.47 Å². The molecule has 0 unspecified atom stereocenters. The maximum absolute atomic E-state index is 7.41. The van der Waals surface area contributed by atoms with E-state index in [-0.39, 0.29) is 11.7 Å². The van der Waals surface area contributed by atoms with Crippen molar-refractivity contribution in [1.29, 1.82) is 5.41 Å². The molecule has 1 aromatic carbocycles. The Morgan fingerprint density at radius 1 is 1.35 bits per heavy atom. The van der Waals surface area contributed by atoms with Crippen molar-refractivity contribution >= 4 is 21.8 Å². The summed E-state index contributed by atoms with van der Waals surface area (Å²) in [6, 6.07) is 8.88. The number of hydrogen-bond donors (Lipinski definition) is 2. The molecule has 0 radical (unpaired) electrons. The lowest BCUT2D eigenvalue weighted by atomic mass is 10.3. The van der Waals surface area contributed by atoms with Crippen molar-refractivity contribution in [1.82, 2.24) is 10.2 Å². The lowest BCUT2D eigenvalue weighted by Crippen LogP contribution is -2.13. The summed E-state index contributed by atoms with van der Waals surface area (Å²) >= 11 is 3.34. The molecule has 3 N–H and O–H groups in total. The average molecular weight is 293 g/mol. The van der Waals surface area contributed by atoms with Crippen molar-refractivity contribution < 1.29 is 4.74 Å². The van der Waals surface area contributed by atoms with E-state index < -0.39 is 0 Å². The Hall–Kier alpha value is -1.95. The second kappa shape index (κ2) is 4.92. The summed E-state index contributed by atoms with van der Waals surface area (Å²) in [5.41, 5.74) is 5.84. The second-order valence-electron chi connectivity index (χ2n) is 3.22. The van der Waals surface area contributed by atoms with Crippen LogP contribution in [0.1, 0.15) is 5.56 Å². The quantitative estimate of drug-likeness (QED) is 0.671. The lowest BCUT2D eigenvalue weighted by Gasteiger charge is -2.07. The zero-order valence-electron chi connectivity index (χ0n) is 8.72. The van der Waals surface area contributed by atoms with Crippen LogP contribution in [0.5, 0.6) is 11.6 Å². The van der Waals surface area contributed by atoms with Crippen LogP contribution in [-0.2, 0) is 0 Å². The Labute approximate surface area is 106 Å². The van der Waals surface area contributed by atoms with Gasteiger partial charge in [-0.05, 0) is 24.3 Å². The fourth-order valence-electron chi connectivity index (χ4n) is 1.24. The maximum Gasteiger partial charge on any atom is 0.249 e. The largest absolute Gasteiger partial charge is 0.437 e. The Morgan fingerprint density at radius 2 is 2.18 bits per heavy atom. The molecule has 0 amide bonds. The monoisotopic (exact) mass is 292 g/mol. The van der Waals surface area contributed by atoms with Crippen LogP contribution in [0.15, 0.2) is 41.0 Å². The van der Waals surface area contributed by atoms with Crippen LogP contribution in [0.25, 0.3) is 0 Å². The van der Waals surface area contributed by atoms with Gasteiger partial charge in [-0.1, -0.05) is 22.0 Å². The molecule has 0 bridgehead atoms. The summed E-state index contributed by atoms with van der Waals surface area (Å²) in [5.74, 6) is 0.713. The van der Waals surface area contributed by atoms with E-state index in [1.54, 1.807) is 18.2 Å². The molecule has 6 heteroatoms. The molecule has 2 rings (SSSR count). The van der Waals surface area contributed by atoms with Gasteiger partial charge in [0.25, 0.3) is 0 Å². The standard InChI is InChI=1S/C11H9BrN4O/c12-7-2-1-3-8(6-7)17-11-9(10(13)14)4-5-15-16-11/h1-6H,(H3,13,14). The Bertz CT molecular complexity index is 559.